The molecule has 0 spiro atoms. The SMILES string of the molecule is CC.CC.CC.CC.CC.CC.CC.CC.CC1=CC=CC1.Cc1ccccc1.Cc1ccccn1.Cc1cccs1.Cc1ccsc1.Cc1cnccn1.Cc1cncnc1.Cc1ncccn1. The van der Waals surface area contributed by atoms with Gasteiger partial charge in [-0.15, -0.1) is 11.3 Å². The maximum absolute atomic E-state index is 3.98. The van der Waals surface area contributed by atoms with Crippen LogP contribution in [0.4, 0.5) is 0 Å². The molecule has 0 fully saturated rings. The second-order valence-corrected chi connectivity index (χ2v) is 13.3. The maximum Gasteiger partial charge on any atom is 0.125 e. The first-order valence-corrected chi connectivity index (χ1v) is 26.9. The Morgan fingerprint density at radius 3 is 1.12 bits per heavy atom. The van der Waals surface area contributed by atoms with Crippen LogP contribution in [-0.4, -0.2) is 34.9 Å². The van der Waals surface area contributed by atoms with Gasteiger partial charge in [-0.25, -0.2) is 19.9 Å². The fourth-order valence-electron chi connectivity index (χ4n) is 3.35. The summed E-state index contributed by atoms with van der Waals surface area (Å²) in [6.07, 6.45) is 22.9. The Hall–Kier alpha value is -5.51. The molecule has 1 aliphatic carbocycles. The molecule has 0 bridgehead atoms. The first-order chi connectivity index (χ1) is 33.7. The minimum absolute atomic E-state index is 0.822. The topological polar surface area (TPSA) is 90.2 Å². The lowest BCUT2D eigenvalue weighted by atomic mass is 10.2. The minimum Gasteiger partial charge on any atom is -0.262 e. The number of hydrogen-bond acceptors (Lipinski definition) is 9. The van der Waals surface area contributed by atoms with E-state index in [0.717, 1.165) is 22.8 Å². The summed E-state index contributed by atoms with van der Waals surface area (Å²) in [6.45, 7) is 48.1. The van der Waals surface area contributed by atoms with E-state index in [1.165, 1.54) is 34.3 Å². The molecular formula is C60H101N7S2. The average molecular weight is 985 g/mol. The van der Waals surface area contributed by atoms with E-state index >= 15 is 0 Å². The standard InChI is InChI=1S/C7H8.C6H7N.C6H8.3C5H6N2.2C5H6S.8C2H6/c1-7-5-3-2-4-6-7;1-6-4-2-3-5-7-6;1-6-4-2-3-5-6;1-5-2-6-4-7-3-5;1-5-4-6-2-3-7-5;1-5-6-3-2-4-7-5;1-5-2-3-6-4-5;1-5-3-2-4-6-5;8*1-2/h2-6H,1H3;2-5H,1H3;2-4H,5H2,1H3;3*2-4H,1H3;2*2-4H,1H3;8*1-2H3. The second-order valence-electron chi connectivity index (χ2n) is 11.4. The van der Waals surface area contributed by atoms with Crippen molar-refractivity contribution < 1.29 is 0 Å². The van der Waals surface area contributed by atoms with Gasteiger partial charge >= 0.3 is 0 Å². The lowest BCUT2D eigenvalue weighted by Gasteiger charge is -1.82. The predicted octanol–water partition coefficient (Wildman–Crippen LogP) is 20.0. The highest BCUT2D eigenvalue weighted by Gasteiger charge is 1.86. The summed E-state index contributed by atoms with van der Waals surface area (Å²) in [5.74, 6) is 0.822. The average Bonchev–Trinajstić information content (AvgIpc) is 4.25. The number of aromatic nitrogens is 7. The molecule has 388 valence electrons. The monoisotopic (exact) mass is 984 g/mol. The van der Waals surface area contributed by atoms with Gasteiger partial charge < -0.3 is 0 Å². The fraction of sp³-hybridized carbons (Fsp3) is 0.417. The third kappa shape index (κ3) is 74.3. The van der Waals surface area contributed by atoms with Crippen molar-refractivity contribution in [2.45, 2.75) is 173 Å². The molecule has 1 aromatic carbocycles. The van der Waals surface area contributed by atoms with Crippen LogP contribution in [0.25, 0.3) is 0 Å². The molecule has 6 aromatic heterocycles. The van der Waals surface area contributed by atoms with Crippen molar-refractivity contribution in [3.05, 3.63) is 207 Å². The van der Waals surface area contributed by atoms with Gasteiger partial charge in [0.05, 0.1) is 5.69 Å². The van der Waals surface area contributed by atoms with Crippen LogP contribution in [0.3, 0.4) is 0 Å². The van der Waals surface area contributed by atoms with Crippen LogP contribution in [0, 0.1) is 48.5 Å². The van der Waals surface area contributed by atoms with E-state index < -0.39 is 0 Å². The number of rotatable bonds is 0. The van der Waals surface area contributed by atoms with Gasteiger partial charge in [0, 0.05) is 60.1 Å². The van der Waals surface area contributed by atoms with Gasteiger partial charge in [0.25, 0.3) is 0 Å². The van der Waals surface area contributed by atoms with Crippen LogP contribution in [0.15, 0.2) is 169 Å². The third-order valence-corrected chi connectivity index (χ3v) is 7.72. The molecule has 0 saturated carbocycles. The Kier molecular flexibility index (Phi) is 89.5. The van der Waals surface area contributed by atoms with Gasteiger partial charge in [-0.3, -0.25) is 15.0 Å². The fourth-order valence-corrected chi connectivity index (χ4v) is 4.54. The largest absolute Gasteiger partial charge is 0.262 e. The first kappa shape index (κ1) is 80.5. The Morgan fingerprint density at radius 2 is 0.928 bits per heavy atom. The quantitative estimate of drug-likeness (QED) is 0.149. The van der Waals surface area contributed by atoms with E-state index in [1.807, 2.05) is 175 Å². The van der Waals surface area contributed by atoms with Crippen LogP contribution < -0.4 is 0 Å². The number of allylic oxidation sites excluding steroid dienone is 4. The summed E-state index contributed by atoms with van der Waals surface area (Å²) in [5, 5.41) is 6.28. The van der Waals surface area contributed by atoms with Gasteiger partial charge in [0.2, 0.25) is 0 Å². The van der Waals surface area contributed by atoms with E-state index in [-0.39, 0.29) is 0 Å². The zero-order chi connectivity index (χ0) is 54.8. The zero-order valence-electron chi connectivity index (χ0n) is 48.2. The Morgan fingerprint density at radius 1 is 0.406 bits per heavy atom. The number of benzene rings is 1. The summed E-state index contributed by atoms with van der Waals surface area (Å²) >= 11 is 3.52. The zero-order valence-corrected chi connectivity index (χ0v) is 49.9. The molecule has 0 N–H and O–H groups in total. The molecule has 7 aromatic rings. The minimum atomic E-state index is 0.822. The summed E-state index contributed by atoms with van der Waals surface area (Å²) in [6, 6.07) is 24.2. The molecule has 7 nitrogen and oxygen atoms in total. The van der Waals surface area contributed by atoms with E-state index in [1.54, 1.807) is 78.3 Å². The lowest BCUT2D eigenvalue weighted by molar-refractivity contribution is 1.05. The van der Waals surface area contributed by atoms with Crippen molar-refractivity contribution >= 4 is 22.7 Å². The first-order valence-electron chi connectivity index (χ1n) is 25.0. The van der Waals surface area contributed by atoms with E-state index in [9.17, 15) is 0 Å². The second kappa shape index (κ2) is 76.7. The number of thiophene rings is 2. The van der Waals surface area contributed by atoms with Crippen LogP contribution in [0.1, 0.15) is 163 Å². The third-order valence-electron chi connectivity index (χ3n) is 6.11. The van der Waals surface area contributed by atoms with Gasteiger partial charge in [-0.2, -0.15) is 11.3 Å². The lowest BCUT2D eigenvalue weighted by Crippen LogP contribution is -1.80. The molecule has 8 rings (SSSR count). The van der Waals surface area contributed by atoms with Crippen molar-refractivity contribution in [1.29, 1.82) is 0 Å². The molecular weight excluding hydrogens is 883 g/mol. The van der Waals surface area contributed by atoms with Crippen molar-refractivity contribution in [3.8, 4) is 0 Å². The van der Waals surface area contributed by atoms with Gasteiger partial charge in [0.15, 0.2) is 0 Å². The van der Waals surface area contributed by atoms with Crippen molar-refractivity contribution in [1.82, 2.24) is 34.9 Å². The highest BCUT2D eigenvalue weighted by Crippen LogP contribution is 2.07. The molecule has 0 atom stereocenters. The van der Waals surface area contributed by atoms with Gasteiger partial charge in [0.1, 0.15) is 12.2 Å². The maximum atomic E-state index is 3.98. The highest BCUT2D eigenvalue weighted by atomic mass is 32.1. The molecule has 6 heterocycles. The van der Waals surface area contributed by atoms with Gasteiger partial charge in [-0.05, 0) is 119 Å². The van der Waals surface area contributed by atoms with Crippen LogP contribution in [0.5, 0.6) is 0 Å². The van der Waals surface area contributed by atoms with E-state index in [2.05, 4.69) is 127 Å². The molecule has 0 saturated heterocycles. The Labute approximate surface area is 435 Å². The molecule has 0 amide bonds. The van der Waals surface area contributed by atoms with Crippen molar-refractivity contribution in [2.75, 3.05) is 0 Å². The summed E-state index contributed by atoms with van der Waals surface area (Å²) < 4.78 is 0. The molecule has 0 aliphatic heterocycles. The molecule has 0 unspecified atom stereocenters. The van der Waals surface area contributed by atoms with Crippen LogP contribution >= 0.6 is 22.7 Å². The Bertz CT molecular complexity index is 1590. The Balaban J connectivity index is -0.0000000986. The summed E-state index contributed by atoms with van der Waals surface area (Å²) in [7, 11) is 0. The summed E-state index contributed by atoms with van der Waals surface area (Å²) in [4.78, 5) is 28.4. The van der Waals surface area contributed by atoms with Crippen molar-refractivity contribution in [3.63, 3.8) is 0 Å². The van der Waals surface area contributed by atoms with Gasteiger partial charge in [-0.1, -0.05) is 183 Å². The van der Waals surface area contributed by atoms with E-state index in [0.29, 0.717) is 0 Å². The van der Waals surface area contributed by atoms with Crippen LogP contribution in [-0.2, 0) is 0 Å². The number of aryl methyl sites for hydroxylation is 7. The number of nitrogens with zero attached hydrogens (tertiary/aromatic N) is 7. The molecule has 69 heavy (non-hydrogen) atoms. The summed E-state index contributed by atoms with van der Waals surface area (Å²) in [5.41, 5.74) is 7.28. The predicted molar refractivity (Wildman–Crippen MR) is 317 cm³/mol. The smallest absolute Gasteiger partial charge is 0.125 e. The highest BCUT2D eigenvalue weighted by molar-refractivity contribution is 7.09. The number of hydrogen-bond donors (Lipinski definition) is 0. The van der Waals surface area contributed by atoms with Crippen LogP contribution in [0.2, 0.25) is 0 Å². The molecule has 9 heteroatoms. The molecule has 1 aliphatic rings. The van der Waals surface area contributed by atoms with E-state index in [4.69, 9.17) is 0 Å². The number of pyridine rings is 1. The molecule has 0 radical (unpaired) electrons. The van der Waals surface area contributed by atoms with Crippen molar-refractivity contribution in [2.24, 2.45) is 0 Å². The normalized spacial score (nSPS) is 8.26.